The van der Waals surface area contributed by atoms with Crippen LogP contribution in [0.3, 0.4) is 0 Å². The number of nitrogens with one attached hydrogen (secondary N) is 2. The highest BCUT2D eigenvalue weighted by atomic mass is 32.2. The fourth-order valence-electron chi connectivity index (χ4n) is 3.46. The number of morpholine rings is 1. The van der Waals surface area contributed by atoms with Crippen LogP contribution in [-0.4, -0.2) is 52.3 Å². The van der Waals surface area contributed by atoms with Gasteiger partial charge in [0.25, 0.3) is 0 Å². The van der Waals surface area contributed by atoms with Gasteiger partial charge in [-0.1, -0.05) is 42.5 Å². The zero-order valence-electron chi connectivity index (χ0n) is 17.1. The number of ether oxygens (including phenoxy) is 1. The molecule has 3 rings (SSSR count). The van der Waals surface area contributed by atoms with E-state index in [9.17, 15) is 8.42 Å². The summed E-state index contributed by atoms with van der Waals surface area (Å²) in [5, 5.41) is 3.35. The molecule has 7 nitrogen and oxygen atoms in total. The normalized spacial score (nSPS) is 17.8. The van der Waals surface area contributed by atoms with Crippen molar-refractivity contribution >= 4 is 21.7 Å². The minimum Gasteiger partial charge on any atom is -0.370 e. The van der Waals surface area contributed by atoms with Crippen molar-refractivity contribution in [2.75, 3.05) is 37.7 Å². The van der Waals surface area contributed by atoms with Gasteiger partial charge in [0.15, 0.2) is 5.96 Å². The Balaban J connectivity index is 1.69. The lowest BCUT2D eigenvalue weighted by Gasteiger charge is -2.35. The van der Waals surface area contributed by atoms with Gasteiger partial charge in [0, 0.05) is 20.1 Å². The van der Waals surface area contributed by atoms with Crippen molar-refractivity contribution in [3.8, 4) is 0 Å². The number of aliphatic imine (C=N–C) groups is 1. The number of hydrogen-bond acceptors (Lipinski definition) is 4. The van der Waals surface area contributed by atoms with Crippen LogP contribution in [0.25, 0.3) is 0 Å². The molecule has 0 aliphatic carbocycles. The lowest BCUT2D eigenvalue weighted by atomic mass is 10.0. The number of para-hydroxylation sites is 1. The molecule has 1 aliphatic rings. The van der Waals surface area contributed by atoms with Gasteiger partial charge in [-0.2, -0.15) is 0 Å². The van der Waals surface area contributed by atoms with E-state index >= 15 is 0 Å². The van der Waals surface area contributed by atoms with Gasteiger partial charge in [-0.15, -0.1) is 0 Å². The van der Waals surface area contributed by atoms with Crippen molar-refractivity contribution < 1.29 is 13.2 Å². The lowest BCUT2D eigenvalue weighted by molar-refractivity contribution is -0.00833. The summed E-state index contributed by atoms with van der Waals surface area (Å²) >= 11 is 0. The zero-order valence-corrected chi connectivity index (χ0v) is 17.9. The Morgan fingerprint density at radius 1 is 1.21 bits per heavy atom. The summed E-state index contributed by atoms with van der Waals surface area (Å²) < 4.78 is 31.8. The molecule has 0 aromatic heterocycles. The highest BCUT2D eigenvalue weighted by molar-refractivity contribution is 7.92. The number of guanidine groups is 1. The lowest BCUT2D eigenvalue weighted by Crippen LogP contribution is -2.48. The molecule has 2 aromatic carbocycles. The molecule has 0 amide bonds. The topological polar surface area (TPSA) is 83.0 Å². The van der Waals surface area contributed by atoms with Crippen LogP contribution >= 0.6 is 0 Å². The van der Waals surface area contributed by atoms with Crippen LogP contribution in [0.15, 0.2) is 53.5 Å². The Labute approximate surface area is 172 Å². The van der Waals surface area contributed by atoms with E-state index in [2.05, 4.69) is 39.0 Å². The summed E-state index contributed by atoms with van der Waals surface area (Å²) in [7, 11) is -1.59. The maximum absolute atomic E-state index is 11.6. The standard InChI is InChI=1S/C21H28N4O3S/c1-16-8-4-6-10-18(16)20-15-25(12-13-28-20)21(22-2)23-14-17-9-5-7-11-19(17)24-29(3,26)27/h4-11,20,24H,12-15H2,1-3H3,(H,22,23). The fourth-order valence-corrected chi connectivity index (χ4v) is 4.06. The van der Waals surface area contributed by atoms with Gasteiger partial charge < -0.3 is 15.0 Å². The molecule has 1 unspecified atom stereocenters. The summed E-state index contributed by atoms with van der Waals surface area (Å²) in [6, 6.07) is 15.6. The molecule has 1 fully saturated rings. The summed E-state index contributed by atoms with van der Waals surface area (Å²) in [4.78, 5) is 6.59. The highest BCUT2D eigenvalue weighted by Crippen LogP contribution is 2.25. The van der Waals surface area contributed by atoms with Crippen LogP contribution in [0.5, 0.6) is 0 Å². The smallest absolute Gasteiger partial charge is 0.229 e. The second-order valence-electron chi connectivity index (χ2n) is 7.09. The summed E-state index contributed by atoms with van der Waals surface area (Å²) in [6.45, 7) is 4.61. The van der Waals surface area contributed by atoms with Gasteiger partial charge in [0.1, 0.15) is 6.10 Å². The Morgan fingerprint density at radius 2 is 1.93 bits per heavy atom. The second-order valence-corrected chi connectivity index (χ2v) is 8.84. The highest BCUT2D eigenvalue weighted by Gasteiger charge is 2.25. The molecule has 29 heavy (non-hydrogen) atoms. The van der Waals surface area contributed by atoms with Crippen molar-refractivity contribution in [3.63, 3.8) is 0 Å². The molecule has 0 bridgehead atoms. The van der Waals surface area contributed by atoms with E-state index in [-0.39, 0.29) is 6.10 Å². The fraction of sp³-hybridized carbons (Fsp3) is 0.381. The van der Waals surface area contributed by atoms with Crippen molar-refractivity contribution in [2.45, 2.75) is 19.6 Å². The zero-order chi connectivity index (χ0) is 20.9. The first kappa shape index (κ1) is 21.1. The van der Waals surface area contributed by atoms with Crippen molar-refractivity contribution in [2.24, 2.45) is 4.99 Å². The molecule has 156 valence electrons. The van der Waals surface area contributed by atoms with Gasteiger partial charge in [-0.25, -0.2) is 8.42 Å². The average molecular weight is 417 g/mol. The maximum atomic E-state index is 11.6. The Morgan fingerprint density at radius 3 is 2.66 bits per heavy atom. The summed E-state index contributed by atoms with van der Waals surface area (Å²) in [6.07, 6.45) is 1.14. The Kier molecular flexibility index (Phi) is 6.76. The third kappa shape index (κ3) is 5.71. The van der Waals surface area contributed by atoms with E-state index in [1.165, 1.54) is 11.1 Å². The number of aryl methyl sites for hydroxylation is 1. The van der Waals surface area contributed by atoms with Crippen molar-refractivity contribution in [3.05, 3.63) is 65.2 Å². The largest absolute Gasteiger partial charge is 0.370 e. The van der Waals surface area contributed by atoms with E-state index in [1.54, 1.807) is 19.2 Å². The molecule has 1 saturated heterocycles. The quantitative estimate of drug-likeness (QED) is 0.578. The molecule has 2 aromatic rings. The van der Waals surface area contributed by atoms with Crippen LogP contribution in [0, 0.1) is 6.92 Å². The van der Waals surface area contributed by atoms with E-state index in [0.29, 0.717) is 25.4 Å². The van der Waals surface area contributed by atoms with Crippen LogP contribution in [-0.2, 0) is 21.3 Å². The van der Waals surface area contributed by atoms with Gasteiger partial charge in [0.05, 0.1) is 25.1 Å². The predicted molar refractivity (Wildman–Crippen MR) is 117 cm³/mol. The Hall–Kier alpha value is -2.58. The molecule has 0 radical (unpaired) electrons. The number of hydrogen-bond donors (Lipinski definition) is 2. The van der Waals surface area contributed by atoms with Gasteiger partial charge in [0.2, 0.25) is 10.0 Å². The first-order chi connectivity index (χ1) is 13.9. The Bertz CT molecular complexity index is 975. The van der Waals surface area contributed by atoms with E-state index < -0.39 is 10.0 Å². The van der Waals surface area contributed by atoms with E-state index in [4.69, 9.17) is 4.74 Å². The van der Waals surface area contributed by atoms with Crippen LogP contribution in [0.4, 0.5) is 5.69 Å². The van der Waals surface area contributed by atoms with E-state index in [1.807, 2.05) is 24.3 Å². The van der Waals surface area contributed by atoms with Crippen LogP contribution < -0.4 is 10.0 Å². The van der Waals surface area contributed by atoms with Crippen molar-refractivity contribution in [1.82, 2.24) is 10.2 Å². The molecule has 1 heterocycles. The minimum absolute atomic E-state index is 0.0114. The van der Waals surface area contributed by atoms with Crippen LogP contribution in [0.1, 0.15) is 22.8 Å². The molecule has 2 N–H and O–H groups in total. The third-order valence-electron chi connectivity index (χ3n) is 4.86. The number of sulfonamides is 1. The monoisotopic (exact) mass is 416 g/mol. The van der Waals surface area contributed by atoms with Crippen LogP contribution in [0.2, 0.25) is 0 Å². The molecule has 1 aliphatic heterocycles. The molecule has 1 atom stereocenters. The van der Waals surface area contributed by atoms with E-state index in [0.717, 1.165) is 24.3 Å². The summed E-state index contributed by atoms with van der Waals surface area (Å²) in [5.41, 5.74) is 3.82. The maximum Gasteiger partial charge on any atom is 0.229 e. The molecule has 8 heteroatoms. The SMILES string of the molecule is CN=C(NCc1ccccc1NS(C)(=O)=O)N1CCOC(c2ccccc2C)C1. The van der Waals surface area contributed by atoms with Gasteiger partial charge in [-0.05, 0) is 29.7 Å². The number of rotatable bonds is 5. The molecular formula is C21H28N4O3S. The van der Waals surface area contributed by atoms with Gasteiger partial charge in [-0.3, -0.25) is 9.71 Å². The molecule has 0 saturated carbocycles. The summed E-state index contributed by atoms with van der Waals surface area (Å²) in [5.74, 6) is 0.765. The predicted octanol–water partition coefficient (Wildman–Crippen LogP) is 2.52. The molecular weight excluding hydrogens is 388 g/mol. The van der Waals surface area contributed by atoms with Gasteiger partial charge >= 0.3 is 0 Å². The second kappa shape index (κ2) is 9.28. The first-order valence-corrected chi connectivity index (χ1v) is 11.4. The average Bonchev–Trinajstić information content (AvgIpc) is 2.69. The van der Waals surface area contributed by atoms with Crippen molar-refractivity contribution in [1.29, 1.82) is 0 Å². The minimum atomic E-state index is -3.34. The molecule has 0 spiro atoms. The number of nitrogens with zero attached hydrogens (tertiary/aromatic N) is 2. The first-order valence-electron chi connectivity index (χ1n) is 9.56. The number of benzene rings is 2. The number of anilines is 1. The third-order valence-corrected chi connectivity index (χ3v) is 5.45.